The summed E-state index contributed by atoms with van der Waals surface area (Å²) in [6.07, 6.45) is 1.81. The number of carbonyl (C=O) groups excluding carboxylic acids is 1. The van der Waals surface area contributed by atoms with Crippen LogP contribution in [0.4, 0.5) is 0 Å². The van der Waals surface area contributed by atoms with E-state index in [-0.39, 0.29) is 25.8 Å². The van der Waals surface area contributed by atoms with E-state index in [0.717, 1.165) is 18.4 Å². The molecule has 1 aromatic rings. The molecule has 0 saturated heterocycles. The van der Waals surface area contributed by atoms with Crippen molar-refractivity contribution in [3.63, 3.8) is 0 Å². The minimum Gasteiger partial charge on any atom is -0.461 e. The SMILES string of the molecule is O=C(CCCCCNC(O)COCC(CO)(CO)CO)OCc1ccccc1. The van der Waals surface area contributed by atoms with Crippen LogP contribution >= 0.6 is 0 Å². The first-order valence-corrected chi connectivity index (χ1v) is 9.56. The zero-order valence-electron chi connectivity index (χ0n) is 16.3. The van der Waals surface area contributed by atoms with Crippen molar-refractivity contribution in [2.24, 2.45) is 5.41 Å². The molecule has 0 fully saturated rings. The highest BCUT2D eigenvalue weighted by molar-refractivity contribution is 5.69. The van der Waals surface area contributed by atoms with E-state index in [1.165, 1.54) is 0 Å². The van der Waals surface area contributed by atoms with Crippen LogP contribution in [0.25, 0.3) is 0 Å². The van der Waals surface area contributed by atoms with E-state index in [0.29, 0.717) is 19.4 Å². The van der Waals surface area contributed by atoms with Crippen molar-refractivity contribution in [3.8, 4) is 0 Å². The summed E-state index contributed by atoms with van der Waals surface area (Å²) in [6, 6.07) is 9.53. The van der Waals surface area contributed by atoms with E-state index in [1.54, 1.807) is 0 Å². The minimum absolute atomic E-state index is 0.0203. The van der Waals surface area contributed by atoms with E-state index in [1.807, 2.05) is 30.3 Å². The highest BCUT2D eigenvalue weighted by Crippen LogP contribution is 2.15. The number of hydrogen-bond donors (Lipinski definition) is 5. The second-order valence-electron chi connectivity index (χ2n) is 6.92. The maximum atomic E-state index is 11.7. The van der Waals surface area contributed by atoms with Crippen molar-refractivity contribution in [1.82, 2.24) is 5.32 Å². The number of unbranched alkanes of at least 4 members (excludes halogenated alkanes) is 2. The van der Waals surface area contributed by atoms with Gasteiger partial charge in [0.15, 0.2) is 0 Å². The van der Waals surface area contributed by atoms with Gasteiger partial charge in [-0.3, -0.25) is 10.1 Å². The smallest absolute Gasteiger partial charge is 0.306 e. The lowest BCUT2D eigenvalue weighted by molar-refractivity contribution is -0.145. The number of carbonyl (C=O) groups is 1. The third kappa shape index (κ3) is 10.1. The Hall–Kier alpha value is -1.55. The zero-order chi connectivity index (χ0) is 20.7. The van der Waals surface area contributed by atoms with E-state index in [4.69, 9.17) is 9.47 Å². The molecule has 5 N–H and O–H groups in total. The van der Waals surface area contributed by atoms with Gasteiger partial charge in [-0.25, -0.2) is 0 Å². The van der Waals surface area contributed by atoms with Crippen LogP contribution in [0.15, 0.2) is 30.3 Å². The van der Waals surface area contributed by atoms with Crippen molar-refractivity contribution in [2.75, 3.05) is 39.6 Å². The second kappa shape index (κ2) is 14.4. The molecule has 0 amide bonds. The Labute approximate surface area is 166 Å². The monoisotopic (exact) mass is 399 g/mol. The molecule has 0 heterocycles. The maximum Gasteiger partial charge on any atom is 0.306 e. The van der Waals surface area contributed by atoms with Crippen LogP contribution in [0.2, 0.25) is 0 Å². The van der Waals surface area contributed by atoms with Gasteiger partial charge in [0.1, 0.15) is 12.8 Å². The van der Waals surface area contributed by atoms with E-state index < -0.39 is 31.5 Å². The molecular weight excluding hydrogens is 366 g/mol. The van der Waals surface area contributed by atoms with Gasteiger partial charge in [-0.2, -0.15) is 0 Å². The Balaban J connectivity index is 2.00. The van der Waals surface area contributed by atoms with Crippen LogP contribution in [0, 0.1) is 5.41 Å². The molecule has 0 radical (unpaired) electrons. The summed E-state index contributed by atoms with van der Waals surface area (Å²) in [4.78, 5) is 11.7. The van der Waals surface area contributed by atoms with Gasteiger partial charge in [-0.05, 0) is 24.9 Å². The molecule has 0 saturated carbocycles. The Morgan fingerprint density at radius 3 is 2.36 bits per heavy atom. The van der Waals surface area contributed by atoms with Gasteiger partial charge in [0.25, 0.3) is 0 Å². The topological polar surface area (TPSA) is 128 Å². The summed E-state index contributed by atoms with van der Waals surface area (Å²) in [5.41, 5.74) is -0.139. The second-order valence-corrected chi connectivity index (χ2v) is 6.92. The van der Waals surface area contributed by atoms with Gasteiger partial charge in [-0.15, -0.1) is 0 Å². The fourth-order valence-corrected chi connectivity index (χ4v) is 2.38. The van der Waals surface area contributed by atoms with Gasteiger partial charge >= 0.3 is 5.97 Å². The largest absolute Gasteiger partial charge is 0.461 e. The predicted molar refractivity (Wildman–Crippen MR) is 103 cm³/mol. The molecule has 0 aliphatic carbocycles. The van der Waals surface area contributed by atoms with E-state index >= 15 is 0 Å². The lowest BCUT2D eigenvalue weighted by atomic mass is 9.93. The van der Waals surface area contributed by atoms with Crippen LogP contribution in [0.5, 0.6) is 0 Å². The predicted octanol–water partition coefficient (Wildman–Crippen LogP) is 0.178. The Bertz CT molecular complexity index is 514. The van der Waals surface area contributed by atoms with Gasteiger partial charge < -0.3 is 29.9 Å². The molecule has 28 heavy (non-hydrogen) atoms. The fourth-order valence-electron chi connectivity index (χ4n) is 2.38. The number of nitrogens with one attached hydrogen (secondary N) is 1. The van der Waals surface area contributed by atoms with Gasteiger partial charge in [-0.1, -0.05) is 36.8 Å². The highest BCUT2D eigenvalue weighted by atomic mass is 16.5. The molecular formula is C20H33NO7. The zero-order valence-corrected chi connectivity index (χ0v) is 16.3. The average molecular weight is 399 g/mol. The Morgan fingerprint density at radius 2 is 1.71 bits per heavy atom. The standard InChI is InChI=1S/C20H33NO7/c22-13-20(14-23,15-24)16-27-12-18(25)21-10-6-2-5-9-19(26)28-11-17-7-3-1-4-8-17/h1,3-4,7-8,18,21-25H,2,5-6,9-16H2. The van der Waals surface area contributed by atoms with Crippen LogP contribution in [-0.2, 0) is 20.9 Å². The Kier molecular flexibility index (Phi) is 12.6. The fraction of sp³-hybridized carbons (Fsp3) is 0.650. The summed E-state index contributed by atoms with van der Waals surface area (Å²) in [7, 11) is 0. The average Bonchev–Trinajstić information content (AvgIpc) is 2.73. The number of aliphatic hydroxyl groups excluding tert-OH is 4. The first-order valence-electron chi connectivity index (χ1n) is 9.56. The first kappa shape index (κ1) is 24.5. The van der Waals surface area contributed by atoms with Gasteiger partial charge in [0.05, 0.1) is 38.4 Å². The molecule has 0 aliphatic heterocycles. The molecule has 1 rings (SSSR count). The maximum absolute atomic E-state index is 11.7. The van der Waals surface area contributed by atoms with Crippen molar-refractivity contribution >= 4 is 5.97 Å². The number of hydrogen-bond acceptors (Lipinski definition) is 8. The van der Waals surface area contributed by atoms with Crippen molar-refractivity contribution in [2.45, 2.75) is 38.5 Å². The quantitative estimate of drug-likeness (QED) is 0.151. The number of ether oxygens (including phenoxy) is 2. The summed E-state index contributed by atoms with van der Waals surface area (Å²) < 4.78 is 10.5. The molecule has 1 atom stereocenters. The highest BCUT2D eigenvalue weighted by Gasteiger charge is 2.28. The summed E-state index contributed by atoms with van der Waals surface area (Å²) >= 11 is 0. The molecule has 0 bridgehead atoms. The normalized spacial score (nSPS) is 12.7. The number of esters is 1. The number of benzene rings is 1. The number of rotatable bonds is 16. The van der Waals surface area contributed by atoms with Gasteiger partial charge in [0, 0.05) is 6.42 Å². The van der Waals surface area contributed by atoms with E-state index in [9.17, 15) is 25.2 Å². The molecule has 0 aliphatic rings. The number of aliphatic hydroxyl groups is 4. The molecule has 8 nitrogen and oxygen atoms in total. The van der Waals surface area contributed by atoms with E-state index in [2.05, 4.69) is 5.32 Å². The van der Waals surface area contributed by atoms with Crippen LogP contribution < -0.4 is 5.32 Å². The minimum atomic E-state index is -1.10. The molecule has 8 heteroatoms. The lowest BCUT2D eigenvalue weighted by Gasteiger charge is -2.27. The molecule has 0 spiro atoms. The van der Waals surface area contributed by atoms with Crippen molar-refractivity contribution < 1.29 is 34.7 Å². The molecule has 1 aromatic carbocycles. The first-order chi connectivity index (χ1) is 13.5. The van der Waals surface area contributed by atoms with Crippen molar-refractivity contribution in [3.05, 3.63) is 35.9 Å². The third-order valence-corrected chi connectivity index (χ3v) is 4.37. The molecule has 0 aromatic heterocycles. The van der Waals surface area contributed by atoms with Gasteiger partial charge in [0.2, 0.25) is 0 Å². The summed E-state index contributed by atoms with van der Waals surface area (Å²) in [6.45, 7) is -0.438. The van der Waals surface area contributed by atoms with Crippen molar-refractivity contribution in [1.29, 1.82) is 0 Å². The molecule has 160 valence electrons. The van der Waals surface area contributed by atoms with Crippen LogP contribution in [-0.4, -0.2) is 72.2 Å². The summed E-state index contributed by atoms with van der Waals surface area (Å²) in [5, 5.41) is 40.2. The lowest BCUT2D eigenvalue weighted by Crippen LogP contribution is -2.41. The molecule has 1 unspecified atom stereocenters. The Morgan fingerprint density at radius 1 is 1.04 bits per heavy atom. The van der Waals surface area contributed by atoms with Crippen LogP contribution in [0.1, 0.15) is 31.2 Å². The third-order valence-electron chi connectivity index (χ3n) is 4.37. The summed E-state index contributed by atoms with van der Waals surface area (Å²) in [5.74, 6) is -0.217. The van der Waals surface area contributed by atoms with Crippen LogP contribution in [0.3, 0.4) is 0 Å².